The van der Waals surface area contributed by atoms with Crippen LogP contribution in [0.15, 0.2) is 141 Å². The minimum Gasteiger partial charge on any atom is -0.744 e. The fourth-order valence-electron chi connectivity index (χ4n) is 7.57. The molecule has 2 N–H and O–H groups in total. The van der Waals surface area contributed by atoms with Crippen LogP contribution in [0.5, 0.6) is 0 Å². The maximum Gasteiger partial charge on any atom is 0.124 e. The number of aromatic amines is 2. The Kier molecular flexibility index (Phi) is 11.5. The largest absolute Gasteiger partial charge is 0.744 e. The number of hydrogen-bond donors (Lipinski definition) is 2. The summed E-state index contributed by atoms with van der Waals surface area (Å²) >= 11 is 0. The summed E-state index contributed by atoms with van der Waals surface area (Å²) in [7, 11) is -19.2. The molecule has 0 aliphatic carbocycles. The molecule has 5 heterocycles. The predicted molar refractivity (Wildman–Crippen MR) is 232 cm³/mol. The molecule has 4 aromatic carbocycles. The van der Waals surface area contributed by atoms with Gasteiger partial charge in [-0.15, -0.1) is 0 Å². The van der Waals surface area contributed by atoms with Crippen molar-refractivity contribution in [2.45, 2.75) is 19.6 Å². The molecule has 3 aromatic heterocycles. The number of H-pyrrole nitrogens is 2. The van der Waals surface area contributed by atoms with Gasteiger partial charge in [-0.1, -0.05) is 48.5 Å². The van der Waals surface area contributed by atoms with E-state index in [4.69, 9.17) is 9.97 Å². The number of nitrogens with one attached hydrogen (secondary N) is 2. The van der Waals surface area contributed by atoms with Crippen LogP contribution in [0.2, 0.25) is 0 Å². The van der Waals surface area contributed by atoms with Crippen LogP contribution in [0.4, 0.5) is 0 Å². The van der Waals surface area contributed by atoms with E-state index in [1.807, 2.05) is 0 Å². The van der Waals surface area contributed by atoms with Crippen molar-refractivity contribution in [1.82, 2.24) is 19.9 Å². The first-order chi connectivity index (χ1) is 30.2. The molecule has 0 atom stereocenters. The van der Waals surface area contributed by atoms with E-state index in [9.17, 15) is 51.9 Å². The Morgan fingerprint density at radius 2 is 0.492 bits per heavy atom. The normalized spacial score (nSPS) is 12.9. The van der Waals surface area contributed by atoms with Gasteiger partial charge < -0.3 is 28.2 Å². The molecule has 329 valence electrons. The fraction of sp³-hybridized carbons (Fsp3) is 0. The van der Waals surface area contributed by atoms with Crippen molar-refractivity contribution in [2.75, 3.05) is 0 Å². The third-order valence-corrected chi connectivity index (χ3v) is 13.9. The SMILES string of the molecule is O=S(=O)([O-])c1ccc(-c2c3nc(c(-c4ccc(S(=O)(=O)[O-])cc4)c4ccc([nH]4)c(-c4ccc(S(=O)(=O)[O-])cc4)c4nc(c(-c5ccc(S(=O)(=O)[O-])cc5)c5ccc2[nH]5)C=C4)C=C3)cc1.[Mn]. The van der Waals surface area contributed by atoms with Gasteiger partial charge in [-0.3, -0.25) is 0 Å². The van der Waals surface area contributed by atoms with Crippen LogP contribution in [0.25, 0.3) is 90.9 Å². The first kappa shape index (κ1) is 45.2. The summed E-state index contributed by atoms with van der Waals surface area (Å²) in [6.45, 7) is 0. The van der Waals surface area contributed by atoms with Crippen molar-refractivity contribution in [2.24, 2.45) is 0 Å². The molecule has 65 heavy (non-hydrogen) atoms. The second kappa shape index (κ2) is 16.6. The van der Waals surface area contributed by atoms with Gasteiger partial charge in [0, 0.05) is 61.4 Å². The van der Waals surface area contributed by atoms with Crippen molar-refractivity contribution in [1.29, 1.82) is 0 Å². The first-order valence-electron chi connectivity index (χ1n) is 18.6. The molecule has 9 rings (SSSR count). The number of benzene rings is 4. The summed E-state index contributed by atoms with van der Waals surface area (Å²) < 4.78 is 143. The Bertz CT molecular complexity index is 3300. The molecule has 0 spiro atoms. The third kappa shape index (κ3) is 8.89. The molecule has 0 unspecified atom stereocenters. The molecule has 16 nitrogen and oxygen atoms in total. The fourth-order valence-corrected chi connectivity index (χ4v) is 9.45. The molecular weight excluding hydrogens is 960 g/mol. The van der Waals surface area contributed by atoms with Gasteiger partial charge in [0.25, 0.3) is 0 Å². The zero-order valence-electron chi connectivity index (χ0n) is 32.7. The minimum atomic E-state index is -4.81. The van der Waals surface area contributed by atoms with Crippen molar-refractivity contribution in [3.63, 3.8) is 0 Å². The summed E-state index contributed by atoms with van der Waals surface area (Å²) in [5, 5.41) is 0. The van der Waals surface area contributed by atoms with Crippen LogP contribution in [0, 0.1) is 0 Å². The molecule has 7 aromatic rings. The average molecular weight is 986 g/mol. The summed E-state index contributed by atoms with van der Waals surface area (Å²) in [5.41, 5.74) is 6.76. The monoisotopic (exact) mass is 985 g/mol. The van der Waals surface area contributed by atoms with E-state index in [-0.39, 0.29) is 17.1 Å². The summed E-state index contributed by atoms with van der Waals surface area (Å²) in [4.78, 5) is 15.0. The van der Waals surface area contributed by atoms with E-state index in [2.05, 4.69) is 9.97 Å². The molecule has 0 fully saturated rings. The first-order valence-corrected chi connectivity index (χ1v) is 24.3. The number of aromatic nitrogens is 4. The number of rotatable bonds is 8. The van der Waals surface area contributed by atoms with Crippen molar-refractivity contribution < 1.29 is 69.0 Å². The molecule has 8 bridgehead atoms. The zero-order valence-corrected chi connectivity index (χ0v) is 37.1. The van der Waals surface area contributed by atoms with Crippen LogP contribution in [0.3, 0.4) is 0 Å². The van der Waals surface area contributed by atoms with E-state index in [1.54, 1.807) is 48.6 Å². The molecule has 0 amide bonds. The number of hydrogen-bond acceptors (Lipinski definition) is 14. The molecule has 0 saturated carbocycles. The Morgan fingerprint density at radius 1 is 0.308 bits per heavy atom. The van der Waals surface area contributed by atoms with Crippen LogP contribution in [-0.4, -0.2) is 71.8 Å². The van der Waals surface area contributed by atoms with Gasteiger partial charge in [-0.05, 0) is 119 Å². The van der Waals surface area contributed by atoms with Gasteiger partial charge in [0.1, 0.15) is 40.5 Å². The van der Waals surface area contributed by atoms with E-state index < -0.39 is 60.1 Å². The van der Waals surface area contributed by atoms with Gasteiger partial charge >= 0.3 is 0 Å². The standard InChI is InChI=1S/C44H30N4O12S4.Mn/c49-61(50,51)29-9-1-25(2-10-29)41-33-17-19-35(45-33)42(26-3-11-30(12-4-26)62(52,53)54)37-21-23-39(47-37)44(28-7-15-32(16-8-28)64(58,59)60)40-24-22-38(48-40)43(36-20-18-34(41)46-36)27-5-13-31(14-6-27)63(55,56)57;/h1-24,45,48H,(H,49,50,51)(H,52,53,54)(H,55,56,57)(H,58,59,60);/p-4. The second-order valence-electron chi connectivity index (χ2n) is 14.4. The van der Waals surface area contributed by atoms with Gasteiger partial charge in [-0.25, -0.2) is 43.6 Å². The molecule has 1 radical (unpaired) electrons. The Labute approximate surface area is 381 Å². The molecule has 21 heteroatoms. The minimum absolute atomic E-state index is 0. The van der Waals surface area contributed by atoms with Gasteiger partial charge in [0.15, 0.2) is 0 Å². The zero-order chi connectivity index (χ0) is 45.3. The van der Waals surface area contributed by atoms with E-state index >= 15 is 0 Å². The van der Waals surface area contributed by atoms with Crippen LogP contribution >= 0.6 is 0 Å². The quantitative estimate of drug-likeness (QED) is 0.115. The van der Waals surface area contributed by atoms with Crippen molar-refractivity contribution in [3.8, 4) is 44.5 Å². The Balaban J connectivity index is 0.00000576. The van der Waals surface area contributed by atoms with Gasteiger partial charge in [0.2, 0.25) is 0 Å². The molecule has 2 aliphatic rings. The smallest absolute Gasteiger partial charge is 0.124 e. The predicted octanol–water partition coefficient (Wildman–Crippen LogP) is 6.94. The summed E-state index contributed by atoms with van der Waals surface area (Å²) in [6, 6.07) is 27.8. The van der Waals surface area contributed by atoms with Crippen LogP contribution in [0.1, 0.15) is 22.8 Å². The molecule has 2 aliphatic heterocycles. The molecule has 0 saturated heterocycles. The van der Waals surface area contributed by atoms with Gasteiger partial charge in [-0.2, -0.15) is 0 Å². The van der Waals surface area contributed by atoms with E-state index in [1.165, 1.54) is 97.1 Å². The van der Waals surface area contributed by atoms with Gasteiger partial charge in [0.05, 0.1) is 42.4 Å². The van der Waals surface area contributed by atoms with E-state index in [0.29, 0.717) is 89.4 Å². The van der Waals surface area contributed by atoms with Crippen LogP contribution in [-0.2, 0) is 57.5 Å². The number of nitrogens with zero attached hydrogens (tertiary/aromatic N) is 2. The second-order valence-corrected chi connectivity index (χ2v) is 19.9. The maximum absolute atomic E-state index is 11.9. The maximum atomic E-state index is 11.9. The van der Waals surface area contributed by atoms with Crippen LogP contribution < -0.4 is 0 Å². The van der Waals surface area contributed by atoms with E-state index in [0.717, 1.165) is 0 Å². The molecular formula is C44H26MnN4O12S4-4. The topological polar surface area (TPSA) is 286 Å². The average Bonchev–Trinajstić information content (AvgIpc) is 4.08. The number of fused-ring (bicyclic) bond motifs is 8. The Hall–Kier alpha value is -6.36. The third-order valence-electron chi connectivity index (χ3n) is 10.5. The van der Waals surface area contributed by atoms with Crippen molar-refractivity contribution in [3.05, 3.63) is 144 Å². The van der Waals surface area contributed by atoms with Crippen molar-refractivity contribution >= 4 is 86.8 Å². The summed E-state index contributed by atoms with van der Waals surface area (Å²) in [6.07, 6.45) is 6.79. The Morgan fingerprint density at radius 3 is 0.662 bits per heavy atom. The summed E-state index contributed by atoms with van der Waals surface area (Å²) in [5.74, 6) is 0.